The van der Waals surface area contributed by atoms with Gasteiger partial charge in [-0.3, -0.25) is 4.90 Å². The minimum Gasteiger partial charge on any atom is -0.381 e. The topological polar surface area (TPSA) is 38.5 Å². The smallest absolute Gasteiger partial charge is 0.0480 e. The highest BCUT2D eigenvalue weighted by Gasteiger charge is 2.23. The number of hydrogen-bond acceptors (Lipinski definition) is 3. The second kappa shape index (κ2) is 5.58. The molecule has 78 valence electrons. The Bertz CT molecular complexity index is 135. The van der Waals surface area contributed by atoms with Gasteiger partial charge in [0.15, 0.2) is 0 Å². The van der Waals surface area contributed by atoms with E-state index in [4.69, 9.17) is 10.5 Å². The second-order valence-electron chi connectivity index (χ2n) is 3.76. The average Bonchev–Trinajstić information content (AvgIpc) is 2.20. The summed E-state index contributed by atoms with van der Waals surface area (Å²) in [4.78, 5) is 2.50. The predicted octanol–water partition coefficient (Wildman–Crippen LogP) is 0.834. The molecular formula is C10H22N2O. The third-order valence-corrected chi connectivity index (χ3v) is 2.93. The van der Waals surface area contributed by atoms with Crippen LogP contribution in [0.3, 0.4) is 0 Å². The number of ether oxygens (including phenoxy) is 1. The first kappa shape index (κ1) is 11.0. The Kier molecular flexibility index (Phi) is 4.70. The van der Waals surface area contributed by atoms with Gasteiger partial charge in [0.1, 0.15) is 0 Å². The van der Waals surface area contributed by atoms with Crippen molar-refractivity contribution in [1.29, 1.82) is 0 Å². The molecule has 1 atom stereocenters. The average molecular weight is 186 g/mol. The van der Waals surface area contributed by atoms with Crippen molar-refractivity contribution in [2.75, 3.05) is 26.3 Å². The highest BCUT2D eigenvalue weighted by atomic mass is 16.5. The third kappa shape index (κ3) is 2.93. The Morgan fingerprint density at radius 1 is 1.46 bits per heavy atom. The Hall–Kier alpha value is -0.120. The molecule has 0 amide bonds. The van der Waals surface area contributed by atoms with Gasteiger partial charge in [0.05, 0.1) is 0 Å². The standard InChI is InChI=1S/C10H22N2O/c1-3-12(9(2)8-11)10-4-6-13-7-5-10/h9-10H,3-8,11H2,1-2H3. The van der Waals surface area contributed by atoms with Crippen LogP contribution >= 0.6 is 0 Å². The highest BCUT2D eigenvalue weighted by Crippen LogP contribution is 2.16. The number of nitrogens with two attached hydrogens (primary N) is 1. The first-order chi connectivity index (χ1) is 6.29. The van der Waals surface area contributed by atoms with Crippen molar-refractivity contribution in [3.05, 3.63) is 0 Å². The Morgan fingerprint density at radius 2 is 2.08 bits per heavy atom. The number of rotatable bonds is 4. The van der Waals surface area contributed by atoms with Gasteiger partial charge in [-0.15, -0.1) is 0 Å². The molecule has 0 aromatic heterocycles. The lowest BCUT2D eigenvalue weighted by Crippen LogP contribution is -2.47. The second-order valence-corrected chi connectivity index (χ2v) is 3.76. The van der Waals surface area contributed by atoms with E-state index in [1.165, 1.54) is 0 Å². The molecule has 1 saturated heterocycles. The van der Waals surface area contributed by atoms with Crippen LogP contribution in [0.4, 0.5) is 0 Å². The number of hydrogen-bond donors (Lipinski definition) is 1. The van der Waals surface area contributed by atoms with Crippen LogP contribution in [0.25, 0.3) is 0 Å². The third-order valence-electron chi connectivity index (χ3n) is 2.93. The van der Waals surface area contributed by atoms with Crippen LogP contribution < -0.4 is 5.73 Å². The van der Waals surface area contributed by atoms with E-state index in [-0.39, 0.29) is 0 Å². The van der Waals surface area contributed by atoms with Gasteiger partial charge in [0, 0.05) is 31.8 Å². The summed E-state index contributed by atoms with van der Waals surface area (Å²) < 4.78 is 5.35. The van der Waals surface area contributed by atoms with Crippen molar-refractivity contribution < 1.29 is 4.74 Å². The van der Waals surface area contributed by atoms with Gasteiger partial charge in [0.25, 0.3) is 0 Å². The monoisotopic (exact) mass is 186 g/mol. The first-order valence-electron chi connectivity index (χ1n) is 5.33. The molecule has 0 aromatic rings. The minimum absolute atomic E-state index is 0.507. The first-order valence-corrected chi connectivity index (χ1v) is 5.33. The number of likely N-dealkylation sites (N-methyl/N-ethyl adjacent to an activating group) is 1. The van der Waals surface area contributed by atoms with Gasteiger partial charge in [0.2, 0.25) is 0 Å². The number of nitrogens with zero attached hydrogens (tertiary/aromatic N) is 1. The molecule has 0 aliphatic carbocycles. The molecule has 0 radical (unpaired) electrons. The van der Waals surface area contributed by atoms with Gasteiger partial charge in [-0.25, -0.2) is 0 Å². The molecule has 0 aromatic carbocycles. The summed E-state index contributed by atoms with van der Waals surface area (Å²) in [7, 11) is 0. The van der Waals surface area contributed by atoms with E-state index in [0.717, 1.165) is 39.1 Å². The van der Waals surface area contributed by atoms with Crippen LogP contribution in [0.5, 0.6) is 0 Å². The molecule has 1 aliphatic heterocycles. The van der Waals surface area contributed by atoms with Crippen molar-refractivity contribution in [3.8, 4) is 0 Å². The van der Waals surface area contributed by atoms with Crippen molar-refractivity contribution >= 4 is 0 Å². The zero-order valence-corrected chi connectivity index (χ0v) is 8.83. The summed E-state index contributed by atoms with van der Waals surface area (Å²) in [5, 5.41) is 0. The van der Waals surface area contributed by atoms with Crippen molar-refractivity contribution in [2.45, 2.75) is 38.8 Å². The molecule has 1 unspecified atom stereocenters. The van der Waals surface area contributed by atoms with Gasteiger partial charge < -0.3 is 10.5 Å². The van der Waals surface area contributed by atoms with E-state index in [2.05, 4.69) is 18.7 Å². The fourth-order valence-corrected chi connectivity index (χ4v) is 2.08. The maximum atomic E-state index is 5.68. The quantitative estimate of drug-likeness (QED) is 0.707. The molecule has 3 heteroatoms. The highest BCUT2D eigenvalue weighted by molar-refractivity contribution is 4.78. The summed E-state index contributed by atoms with van der Waals surface area (Å²) in [6.07, 6.45) is 2.33. The predicted molar refractivity (Wildman–Crippen MR) is 54.7 cm³/mol. The summed E-state index contributed by atoms with van der Waals surface area (Å²) in [5.74, 6) is 0. The summed E-state index contributed by atoms with van der Waals surface area (Å²) in [6, 6.07) is 1.20. The van der Waals surface area contributed by atoms with E-state index in [0.29, 0.717) is 12.1 Å². The molecule has 0 spiro atoms. The zero-order chi connectivity index (χ0) is 9.68. The molecule has 13 heavy (non-hydrogen) atoms. The van der Waals surface area contributed by atoms with E-state index in [1.54, 1.807) is 0 Å². The van der Waals surface area contributed by atoms with Crippen molar-refractivity contribution in [1.82, 2.24) is 4.90 Å². The molecule has 1 rings (SSSR count). The fraction of sp³-hybridized carbons (Fsp3) is 1.00. The van der Waals surface area contributed by atoms with Gasteiger partial charge in [-0.05, 0) is 26.3 Å². The molecule has 0 saturated carbocycles. The lowest BCUT2D eigenvalue weighted by atomic mass is 10.1. The molecule has 1 fully saturated rings. The Morgan fingerprint density at radius 3 is 2.54 bits per heavy atom. The summed E-state index contributed by atoms with van der Waals surface area (Å²) in [5.41, 5.74) is 5.68. The van der Waals surface area contributed by atoms with Crippen LogP contribution in [-0.2, 0) is 4.74 Å². The van der Waals surface area contributed by atoms with E-state index >= 15 is 0 Å². The summed E-state index contributed by atoms with van der Waals surface area (Å²) >= 11 is 0. The largest absolute Gasteiger partial charge is 0.381 e. The minimum atomic E-state index is 0.507. The molecule has 3 nitrogen and oxygen atoms in total. The molecule has 1 heterocycles. The molecular weight excluding hydrogens is 164 g/mol. The van der Waals surface area contributed by atoms with Crippen LogP contribution in [0.15, 0.2) is 0 Å². The maximum absolute atomic E-state index is 5.68. The lowest BCUT2D eigenvalue weighted by molar-refractivity contribution is 0.0233. The Balaban J connectivity index is 2.43. The van der Waals surface area contributed by atoms with Crippen molar-refractivity contribution in [3.63, 3.8) is 0 Å². The Labute approximate surface area is 81.2 Å². The van der Waals surface area contributed by atoms with Crippen LogP contribution in [0, 0.1) is 0 Å². The zero-order valence-electron chi connectivity index (χ0n) is 8.83. The molecule has 0 bridgehead atoms. The van der Waals surface area contributed by atoms with Gasteiger partial charge >= 0.3 is 0 Å². The van der Waals surface area contributed by atoms with E-state index in [9.17, 15) is 0 Å². The van der Waals surface area contributed by atoms with Crippen molar-refractivity contribution in [2.24, 2.45) is 5.73 Å². The molecule has 1 aliphatic rings. The van der Waals surface area contributed by atoms with Crippen LogP contribution in [0.1, 0.15) is 26.7 Å². The molecule has 2 N–H and O–H groups in total. The normalized spacial score (nSPS) is 22.2. The van der Waals surface area contributed by atoms with Crippen LogP contribution in [-0.4, -0.2) is 43.3 Å². The maximum Gasteiger partial charge on any atom is 0.0480 e. The SMILES string of the molecule is CCN(C(C)CN)C1CCOCC1. The van der Waals surface area contributed by atoms with Gasteiger partial charge in [-0.2, -0.15) is 0 Å². The van der Waals surface area contributed by atoms with E-state index in [1.807, 2.05) is 0 Å². The fourth-order valence-electron chi connectivity index (χ4n) is 2.08. The van der Waals surface area contributed by atoms with Crippen LogP contribution in [0.2, 0.25) is 0 Å². The lowest BCUT2D eigenvalue weighted by Gasteiger charge is -2.37. The summed E-state index contributed by atoms with van der Waals surface area (Å²) in [6.45, 7) is 8.10. The van der Waals surface area contributed by atoms with Gasteiger partial charge in [-0.1, -0.05) is 6.92 Å². The van der Waals surface area contributed by atoms with E-state index < -0.39 is 0 Å².